The molecule has 0 spiro atoms. The number of nitriles is 1. The third-order valence-electron chi connectivity index (χ3n) is 4.74. The predicted octanol–water partition coefficient (Wildman–Crippen LogP) is 2.12. The lowest BCUT2D eigenvalue weighted by Gasteiger charge is -2.30. The van der Waals surface area contributed by atoms with Crippen molar-refractivity contribution >= 4 is 11.9 Å². The van der Waals surface area contributed by atoms with Gasteiger partial charge in [0.25, 0.3) is 0 Å². The molecule has 0 radical (unpaired) electrons. The van der Waals surface area contributed by atoms with Gasteiger partial charge in [-0.25, -0.2) is 4.98 Å². The minimum Gasteiger partial charge on any atom is -0.457 e. The van der Waals surface area contributed by atoms with Crippen LogP contribution in [0.3, 0.4) is 0 Å². The van der Waals surface area contributed by atoms with Gasteiger partial charge in [0.1, 0.15) is 11.9 Å². The molecule has 0 bridgehead atoms. The third-order valence-corrected chi connectivity index (χ3v) is 4.74. The molecule has 144 valence electrons. The SMILES string of the molecule is CCCn1c(C)nnc1COC(=O)C1CCN(c2oc(C)nc2C#N)CC1. The Labute approximate surface area is 157 Å². The number of ether oxygens (including phenoxy) is 1. The summed E-state index contributed by atoms with van der Waals surface area (Å²) in [6.45, 7) is 7.87. The van der Waals surface area contributed by atoms with E-state index in [9.17, 15) is 4.79 Å². The highest BCUT2D eigenvalue weighted by atomic mass is 16.5. The van der Waals surface area contributed by atoms with Crippen LogP contribution < -0.4 is 4.90 Å². The van der Waals surface area contributed by atoms with Crippen molar-refractivity contribution in [3.05, 3.63) is 23.2 Å². The number of nitrogens with zero attached hydrogens (tertiary/aromatic N) is 6. The molecule has 0 saturated carbocycles. The fourth-order valence-corrected chi connectivity index (χ4v) is 3.32. The molecule has 0 aromatic carbocycles. The zero-order chi connectivity index (χ0) is 19.4. The smallest absolute Gasteiger partial charge is 0.309 e. The van der Waals surface area contributed by atoms with Gasteiger partial charge in [-0.1, -0.05) is 6.92 Å². The van der Waals surface area contributed by atoms with E-state index in [0.29, 0.717) is 49.2 Å². The van der Waals surface area contributed by atoms with E-state index in [1.165, 1.54) is 0 Å². The van der Waals surface area contributed by atoms with Gasteiger partial charge in [-0.2, -0.15) is 5.26 Å². The molecule has 9 nitrogen and oxygen atoms in total. The molecule has 3 rings (SSSR count). The maximum Gasteiger partial charge on any atom is 0.309 e. The van der Waals surface area contributed by atoms with E-state index >= 15 is 0 Å². The maximum absolute atomic E-state index is 12.4. The summed E-state index contributed by atoms with van der Waals surface area (Å²) in [5.41, 5.74) is 0.291. The number of piperidine rings is 1. The maximum atomic E-state index is 12.4. The molecule has 2 aromatic rings. The Bertz CT molecular complexity index is 842. The summed E-state index contributed by atoms with van der Waals surface area (Å²) >= 11 is 0. The molecule has 0 N–H and O–H groups in total. The van der Waals surface area contributed by atoms with Crippen molar-refractivity contribution in [2.75, 3.05) is 18.0 Å². The van der Waals surface area contributed by atoms with Gasteiger partial charge in [0.05, 0.1) is 5.92 Å². The van der Waals surface area contributed by atoms with Crippen molar-refractivity contribution < 1.29 is 13.9 Å². The molecule has 0 amide bonds. The van der Waals surface area contributed by atoms with Crippen molar-refractivity contribution in [2.24, 2.45) is 5.92 Å². The largest absolute Gasteiger partial charge is 0.457 e. The molecule has 1 saturated heterocycles. The minimum absolute atomic E-state index is 0.139. The number of carbonyl (C=O) groups excluding carboxylic acids is 1. The van der Waals surface area contributed by atoms with E-state index in [2.05, 4.69) is 28.2 Å². The number of anilines is 1. The summed E-state index contributed by atoms with van der Waals surface area (Å²) in [4.78, 5) is 18.5. The molecule has 1 aliphatic rings. The molecule has 1 fully saturated rings. The highest BCUT2D eigenvalue weighted by Gasteiger charge is 2.29. The van der Waals surface area contributed by atoms with E-state index in [0.717, 1.165) is 18.8 Å². The van der Waals surface area contributed by atoms with Gasteiger partial charge in [-0.05, 0) is 26.2 Å². The quantitative estimate of drug-likeness (QED) is 0.709. The standard InChI is InChI=1S/C18H24N6O3/c1-4-7-24-12(2)21-22-16(24)11-26-18(25)14-5-8-23(9-6-14)17-15(10-19)20-13(3)27-17/h14H,4-9,11H2,1-3H3. The summed E-state index contributed by atoms with van der Waals surface area (Å²) < 4.78 is 13.0. The van der Waals surface area contributed by atoms with Crippen LogP contribution in [-0.4, -0.2) is 38.8 Å². The second-order valence-electron chi connectivity index (χ2n) is 6.68. The van der Waals surface area contributed by atoms with E-state index in [1.54, 1.807) is 6.92 Å². The number of oxazole rings is 1. The number of aromatic nitrogens is 4. The van der Waals surface area contributed by atoms with E-state index < -0.39 is 0 Å². The van der Waals surface area contributed by atoms with Gasteiger partial charge in [-0.3, -0.25) is 4.79 Å². The molecule has 1 aliphatic heterocycles. The minimum atomic E-state index is -0.215. The van der Waals surface area contributed by atoms with Crippen LogP contribution in [0.25, 0.3) is 0 Å². The lowest BCUT2D eigenvalue weighted by atomic mass is 9.97. The third kappa shape index (κ3) is 4.10. The molecule has 0 aliphatic carbocycles. The molecule has 0 atom stereocenters. The van der Waals surface area contributed by atoms with Crippen molar-refractivity contribution in [2.45, 2.75) is 53.2 Å². The Morgan fingerprint density at radius 2 is 2.07 bits per heavy atom. The predicted molar refractivity (Wildman–Crippen MR) is 95.7 cm³/mol. The summed E-state index contributed by atoms with van der Waals surface area (Å²) in [5.74, 6) is 2.08. The molecular formula is C18H24N6O3. The number of esters is 1. The van der Waals surface area contributed by atoms with Gasteiger partial charge in [0.15, 0.2) is 18.3 Å². The molecule has 27 heavy (non-hydrogen) atoms. The fraction of sp³-hybridized carbons (Fsp3) is 0.611. The fourth-order valence-electron chi connectivity index (χ4n) is 3.32. The van der Waals surface area contributed by atoms with Crippen LogP contribution in [0.2, 0.25) is 0 Å². The second kappa shape index (κ2) is 8.20. The van der Waals surface area contributed by atoms with Crippen LogP contribution in [-0.2, 0) is 22.7 Å². The van der Waals surface area contributed by atoms with Gasteiger partial charge in [-0.15, -0.1) is 10.2 Å². The van der Waals surface area contributed by atoms with Gasteiger partial charge >= 0.3 is 5.97 Å². The molecule has 3 heterocycles. The zero-order valence-electron chi connectivity index (χ0n) is 15.9. The van der Waals surface area contributed by atoms with Gasteiger partial charge in [0.2, 0.25) is 11.6 Å². The lowest BCUT2D eigenvalue weighted by molar-refractivity contribution is -0.151. The Hall–Kier alpha value is -2.89. The number of hydrogen-bond donors (Lipinski definition) is 0. The van der Waals surface area contributed by atoms with Crippen LogP contribution in [0.15, 0.2) is 4.42 Å². The van der Waals surface area contributed by atoms with Crippen molar-refractivity contribution in [3.63, 3.8) is 0 Å². The first kappa shape index (κ1) is 18.9. The van der Waals surface area contributed by atoms with Crippen molar-refractivity contribution in [3.8, 4) is 6.07 Å². The highest BCUT2D eigenvalue weighted by molar-refractivity contribution is 5.72. The second-order valence-corrected chi connectivity index (χ2v) is 6.68. The number of aryl methyl sites for hydroxylation is 2. The normalized spacial score (nSPS) is 15.0. The number of rotatable bonds is 6. The molecule has 9 heteroatoms. The Balaban J connectivity index is 1.54. The van der Waals surface area contributed by atoms with Crippen LogP contribution in [0.1, 0.15) is 49.4 Å². The number of hydrogen-bond acceptors (Lipinski definition) is 8. The molecular weight excluding hydrogens is 348 g/mol. The van der Waals surface area contributed by atoms with Crippen LogP contribution in [0, 0.1) is 31.1 Å². The van der Waals surface area contributed by atoms with Crippen molar-refractivity contribution in [1.82, 2.24) is 19.7 Å². The summed E-state index contributed by atoms with van der Waals surface area (Å²) in [5, 5.41) is 17.3. The number of carbonyl (C=O) groups is 1. The average Bonchev–Trinajstić information content (AvgIpc) is 3.23. The summed E-state index contributed by atoms with van der Waals surface area (Å²) in [6, 6.07) is 2.05. The lowest BCUT2D eigenvalue weighted by Crippen LogP contribution is -2.37. The van der Waals surface area contributed by atoms with Crippen LogP contribution >= 0.6 is 0 Å². The van der Waals surface area contributed by atoms with Gasteiger partial charge in [0, 0.05) is 26.6 Å². The van der Waals surface area contributed by atoms with Crippen molar-refractivity contribution in [1.29, 1.82) is 5.26 Å². The van der Waals surface area contributed by atoms with Crippen LogP contribution in [0.5, 0.6) is 0 Å². The van der Waals surface area contributed by atoms with E-state index in [1.807, 2.05) is 16.4 Å². The Morgan fingerprint density at radius 3 is 2.74 bits per heavy atom. The van der Waals surface area contributed by atoms with E-state index in [4.69, 9.17) is 14.4 Å². The molecule has 2 aromatic heterocycles. The topological polar surface area (TPSA) is 110 Å². The first-order chi connectivity index (χ1) is 13.0. The highest BCUT2D eigenvalue weighted by Crippen LogP contribution is 2.27. The van der Waals surface area contributed by atoms with Crippen LogP contribution in [0.4, 0.5) is 5.88 Å². The van der Waals surface area contributed by atoms with Gasteiger partial charge < -0.3 is 18.6 Å². The zero-order valence-corrected chi connectivity index (χ0v) is 15.9. The molecule has 0 unspecified atom stereocenters. The summed E-state index contributed by atoms with van der Waals surface area (Å²) in [7, 11) is 0. The Kier molecular flexibility index (Phi) is 5.74. The van der Waals surface area contributed by atoms with E-state index in [-0.39, 0.29) is 18.5 Å². The average molecular weight is 372 g/mol. The monoisotopic (exact) mass is 372 g/mol. The summed E-state index contributed by atoms with van der Waals surface area (Å²) in [6.07, 6.45) is 2.25. The first-order valence-corrected chi connectivity index (χ1v) is 9.21. The first-order valence-electron chi connectivity index (χ1n) is 9.21. The Morgan fingerprint density at radius 1 is 1.33 bits per heavy atom.